The summed E-state index contributed by atoms with van der Waals surface area (Å²) in [5, 5.41) is 3.51. The van der Waals surface area contributed by atoms with Crippen molar-refractivity contribution in [2.24, 2.45) is 0 Å². The number of aryl methyl sites for hydroxylation is 2. The normalized spacial score (nSPS) is 13.4. The van der Waals surface area contributed by atoms with Gasteiger partial charge in [-0.15, -0.1) is 0 Å². The Kier molecular flexibility index (Phi) is 6.40. The molecule has 1 aliphatic heterocycles. The van der Waals surface area contributed by atoms with Crippen LogP contribution in [-0.4, -0.2) is 19.1 Å². The number of anilines is 1. The van der Waals surface area contributed by atoms with Gasteiger partial charge in [-0.25, -0.2) is 0 Å². The van der Waals surface area contributed by atoms with E-state index in [4.69, 9.17) is 21.1 Å². The van der Waals surface area contributed by atoms with Crippen molar-refractivity contribution in [3.05, 3.63) is 58.1 Å². The molecule has 1 aliphatic rings. The Morgan fingerprint density at radius 3 is 2.56 bits per heavy atom. The van der Waals surface area contributed by atoms with Crippen LogP contribution < -0.4 is 14.8 Å². The summed E-state index contributed by atoms with van der Waals surface area (Å²) in [5.41, 5.74) is 3.97. The number of amides is 1. The summed E-state index contributed by atoms with van der Waals surface area (Å²) in [4.78, 5) is 12.5. The lowest BCUT2D eigenvalue weighted by Gasteiger charge is -2.13. The van der Waals surface area contributed by atoms with E-state index in [0.29, 0.717) is 29.7 Å². The smallest absolute Gasteiger partial charge is 0.248 e. The highest BCUT2D eigenvalue weighted by molar-refractivity contribution is 6.32. The molecule has 0 saturated heterocycles. The first kappa shape index (κ1) is 19.3. The van der Waals surface area contributed by atoms with Crippen LogP contribution in [0.4, 0.5) is 5.69 Å². The largest absolute Gasteiger partial charge is 0.489 e. The Hall–Kier alpha value is -2.46. The van der Waals surface area contributed by atoms with Gasteiger partial charge in [0.25, 0.3) is 0 Å². The van der Waals surface area contributed by atoms with Crippen LogP contribution >= 0.6 is 11.6 Å². The number of ether oxygens (including phenoxy) is 2. The standard InChI is InChI=1S/C22H24ClNO3/c1-3-16-7-5-8-17(4-2)21(16)24-20(25)10-9-15-13-18(23)22-19(14-15)26-11-6-12-27-22/h5,7-10,13-14H,3-4,6,11-12H2,1-2H3,(H,24,25)/b10-9+. The number of halogens is 1. The summed E-state index contributed by atoms with van der Waals surface area (Å²) in [6.07, 6.45) is 5.79. The Labute approximate surface area is 165 Å². The fraction of sp³-hybridized carbons (Fsp3) is 0.318. The molecule has 0 unspecified atom stereocenters. The molecule has 142 valence electrons. The van der Waals surface area contributed by atoms with Crippen LogP contribution in [0.15, 0.2) is 36.4 Å². The number of hydrogen-bond acceptors (Lipinski definition) is 3. The van der Waals surface area contributed by atoms with E-state index in [1.165, 1.54) is 6.08 Å². The number of rotatable bonds is 5. The van der Waals surface area contributed by atoms with E-state index in [2.05, 4.69) is 19.2 Å². The molecular formula is C22H24ClNO3. The zero-order valence-electron chi connectivity index (χ0n) is 15.7. The summed E-state index contributed by atoms with van der Waals surface area (Å²) in [5.74, 6) is 1.01. The molecule has 2 aromatic carbocycles. The van der Waals surface area contributed by atoms with E-state index in [0.717, 1.165) is 41.6 Å². The minimum Gasteiger partial charge on any atom is -0.489 e. The zero-order valence-corrected chi connectivity index (χ0v) is 16.4. The number of para-hydroxylation sites is 1. The van der Waals surface area contributed by atoms with E-state index in [-0.39, 0.29) is 5.91 Å². The molecule has 3 rings (SSSR count). The van der Waals surface area contributed by atoms with Gasteiger partial charge in [0.15, 0.2) is 11.5 Å². The maximum absolute atomic E-state index is 12.5. The lowest BCUT2D eigenvalue weighted by molar-refractivity contribution is -0.111. The molecule has 0 radical (unpaired) electrons. The molecule has 0 bridgehead atoms. The van der Waals surface area contributed by atoms with Gasteiger partial charge >= 0.3 is 0 Å². The predicted molar refractivity (Wildman–Crippen MR) is 110 cm³/mol. The van der Waals surface area contributed by atoms with E-state index >= 15 is 0 Å². The molecule has 0 aliphatic carbocycles. The van der Waals surface area contributed by atoms with Gasteiger partial charge in [-0.3, -0.25) is 4.79 Å². The molecule has 27 heavy (non-hydrogen) atoms. The van der Waals surface area contributed by atoms with Crippen LogP contribution in [0.2, 0.25) is 5.02 Å². The second kappa shape index (κ2) is 8.96. The second-order valence-corrected chi connectivity index (χ2v) is 6.77. The Morgan fingerprint density at radius 1 is 1.15 bits per heavy atom. The van der Waals surface area contributed by atoms with Gasteiger partial charge in [0, 0.05) is 18.2 Å². The van der Waals surface area contributed by atoms with E-state index in [9.17, 15) is 4.79 Å². The van der Waals surface area contributed by atoms with Crippen molar-refractivity contribution in [2.45, 2.75) is 33.1 Å². The third kappa shape index (κ3) is 4.64. The summed E-state index contributed by atoms with van der Waals surface area (Å²) in [7, 11) is 0. The van der Waals surface area contributed by atoms with Crippen LogP contribution in [0.5, 0.6) is 11.5 Å². The van der Waals surface area contributed by atoms with Crippen molar-refractivity contribution in [3.63, 3.8) is 0 Å². The van der Waals surface area contributed by atoms with Gasteiger partial charge in [0.2, 0.25) is 5.91 Å². The average Bonchev–Trinajstić information content (AvgIpc) is 2.92. The van der Waals surface area contributed by atoms with Crippen molar-refractivity contribution in [2.75, 3.05) is 18.5 Å². The Balaban J connectivity index is 1.78. The Bertz CT molecular complexity index is 839. The number of carbonyl (C=O) groups excluding carboxylic acids is 1. The predicted octanol–water partition coefficient (Wildman–Crippen LogP) is 5.28. The third-order valence-electron chi connectivity index (χ3n) is 4.50. The van der Waals surface area contributed by atoms with Crippen molar-refractivity contribution < 1.29 is 14.3 Å². The monoisotopic (exact) mass is 385 g/mol. The van der Waals surface area contributed by atoms with E-state index < -0.39 is 0 Å². The number of fused-ring (bicyclic) bond motifs is 1. The summed E-state index contributed by atoms with van der Waals surface area (Å²) in [6.45, 7) is 5.34. The van der Waals surface area contributed by atoms with Gasteiger partial charge in [-0.05, 0) is 47.7 Å². The molecule has 0 fully saturated rings. The molecule has 1 amide bonds. The van der Waals surface area contributed by atoms with Crippen molar-refractivity contribution >= 4 is 29.3 Å². The molecule has 0 spiro atoms. The number of hydrogen-bond donors (Lipinski definition) is 1. The summed E-state index contributed by atoms with van der Waals surface area (Å²) < 4.78 is 11.3. The van der Waals surface area contributed by atoms with Crippen LogP contribution in [0.25, 0.3) is 6.08 Å². The van der Waals surface area contributed by atoms with Gasteiger partial charge in [-0.2, -0.15) is 0 Å². The molecule has 2 aromatic rings. The van der Waals surface area contributed by atoms with E-state index in [1.54, 1.807) is 12.1 Å². The molecule has 0 atom stereocenters. The fourth-order valence-corrected chi connectivity index (χ4v) is 3.36. The lowest BCUT2D eigenvalue weighted by Crippen LogP contribution is -2.11. The highest BCUT2D eigenvalue weighted by Gasteiger charge is 2.15. The quantitative estimate of drug-likeness (QED) is 0.712. The fourth-order valence-electron chi connectivity index (χ4n) is 3.09. The maximum atomic E-state index is 12.5. The summed E-state index contributed by atoms with van der Waals surface area (Å²) >= 11 is 6.30. The minimum atomic E-state index is -0.172. The first-order valence-electron chi connectivity index (χ1n) is 9.31. The summed E-state index contributed by atoms with van der Waals surface area (Å²) in [6, 6.07) is 9.73. The lowest BCUT2D eigenvalue weighted by atomic mass is 10.0. The average molecular weight is 386 g/mol. The van der Waals surface area contributed by atoms with Gasteiger partial charge in [0.1, 0.15) is 0 Å². The Morgan fingerprint density at radius 2 is 1.85 bits per heavy atom. The van der Waals surface area contributed by atoms with Crippen LogP contribution in [0.3, 0.4) is 0 Å². The molecule has 1 heterocycles. The van der Waals surface area contributed by atoms with Gasteiger partial charge in [0.05, 0.1) is 18.2 Å². The topological polar surface area (TPSA) is 47.6 Å². The third-order valence-corrected chi connectivity index (χ3v) is 4.78. The van der Waals surface area contributed by atoms with Gasteiger partial charge < -0.3 is 14.8 Å². The second-order valence-electron chi connectivity index (χ2n) is 6.36. The minimum absolute atomic E-state index is 0.172. The van der Waals surface area contributed by atoms with Crippen molar-refractivity contribution in [1.29, 1.82) is 0 Å². The van der Waals surface area contributed by atoms with Crippen LogP contribution in [0.1, 0.15) is 37.0 Å². The highest BCUT2D eigenvalue weighted by atomic mass is 35.5. The molecular weight excluding hydrogens is 362 g/mol. The molecule has 0 saturated carbocycles. The van der Waals surface area contributed by atoms with Crippen molar-refractivity contribution in [1.82, 2.24) is 0 Å². The molecule has 1 N–H and O–H groups in total. The van der Waals surface area contributed by atoms with Crippen LogP contribution in [-0.2, 0) is 17.6 Å². The van der Waals surface area contributed by atoms with E-state index in [1.807, 2.05) is 24.3 Å². The number of benzene rings is 2. The zero-order chi connectivity index (χ0) is 19.2. The van der Waals surface area contributed by atoms with Crippen LogP contribution in [0, 0.1) is 0 Å². The van der Waals surface area contributed by atoms with Gasteiger partial charge in [-0.1, -0.05) is 43.6 Å². The highest BCUT2D eigenvalue weighted by Crippen LogP contribution is 2.38. The first-order chi connectivity index (χ1) is 13.1. The SMILES string of the molecule is CCc1cccc(CC)c1NC(=O)/C=C/c1cc(Cl)c2c(c1)OCCCO2. The number of carbonyl (C=O) groups is 1. The number of nitrogens with one attached hydrogen (secondary N) is 1. The molecule has 5 heteroatoms. The van der Waals surface area contributed by atoms with Crippen molar-refractivity contribution in [3.8, 4) is 11.5 Å². The maximum Gasteiger partial charge on any atom is 0.248 e. The molecule has 0 aromatic heterocycles. The first-order valence-corrected chi connectivity index (χ1v) is 9.69. The molecule has 4 nitrogen and oxygen atoms in total.